The second kappa shape index (κ2) is 8.40. The Kier molecular flexibility index (Phi) is 5.98. The van der Waals surface area contributed by atoms with Crippen molar-refractivity contribution in [2.24, 2.45) is 0 Å². The van der Waals surface area contributed by atoms with Crippen LogP contribution >= 0.6 is 0 Å². The van der Waals surface area contributed by atoms with E-state index in [0.717, 1.165) is 38.0 Å². The predicted octanol–water partition coefficient (Wildman–Crippen LogP) is 2.38. The largest absolute Gasteiger partial charge is 0.339 e. The summed E-state index contributed by atoms with van der Waals surface area (Å²) < 4.78 is 5.18. The first-order valence-electron chi connectivity index (χ1n) is 9.27. The molecule has 7 heteroatoms. The Morgan fingerprint density at radius 2 is 2.23 bits per heavy atom. The van der Waals surface area contributed by atoms with Crippen LogP contribution in [-0.2, 0) is 24.2 Å². The van der Waals surface area contributed by atoms with E-state index in [1.807, 2.05) is 32.1 Å². The second-order valence-corrected chi connectivity index (χ2v) is 7.03. The molecule has 1 atom stereocenters. The molecule has 0 aliphatic carbocycles. The Bertz CT molecular complexity index is 726. The van der Waals surface area contributed by atoms with Gasteiger partial charge in [-0.15, -0.1) is 0 Å². The maximum atomic E-state index is 12.7. The van der Waals surface area contributed by atoms with Crippen molar-refractivity contribution in [2.45, 2.75) is 51.6 Å². The van der Waals surface area contributed by atoms with Crippen LogP contribution in [0.5, 0.6) is 0 Å². The van der Waals surface area contributed by atoms with E-state index in [1.165, 1.54) is 5.56 Å². The number of hydrogen-bond donors (Lipinski definition) is 0. The first kappa shape index (κ1) is 18.5. The highest BCUT2D eigenvalue weighted by atomic mass is 16.5. The van der Waals surface area contributed by atoms with Crippen LogP contribution in [0.2, 0.25) is 0 Å². The number of carbonyl (C=O) groups excluding carboxylic acids is 1. The molecule has 0 bridgehead atoms. The monoisotopic (exact) mass is 357 g/mol. The van der Waals surface area contributed by atoms with Gasteiger partial charge in [-0.05, 0) is 38.6 Å². The van der Waals surface area contributed by atoms with E-state index in [0.29, 0.717) is 24.6 Å². The number of nitrogens with zero attached hydrogens (tertiary/aromatic N) is 5. The molecule has 0 N–H and O–H groups in total. The molecule has 1 aliphatic rings. The van der Waals surface area contributed by atoms with Crippen molar-refractivity contribution in [1.29, 1.82) is 0 Å². The van der Waals surface area contributed by atoms with Crippen LogP contribution in [0.25, 0.3) is 0 Å². The molecule has 1 saturated heterocycles. The van der Waals surface area contributed by atoms with Crippen LogP contribution in [0.15, 0.2) is 22.9 Å². The van der Waals surface area contributed by atoms with E-state index in [9.17, 15) is 4.79 Å². The quantitative estimate of drug-likeness (QED) is 0.757. The maximum absolute atomic E-state index is 12.7. The number of aryl methyl sites for hydroxylation is 2. The summed E-state index contributed by atoms with van der Waals surface area (Å²) >= 11 is 0. The van der Waals surface area contributed by atoms with Crippen molar-refractivity contribution in [2.75, 3.05) is 20.6 Å². The highest BCUT2D eigenvalue weighted by Crippen LogP contribution is 2.31. The summed E-state index contributed by atoms with van der Waals surface area (Å²) in [4.78, 5) is 25.6. The summed E-state index contributed by atoms with van der Waals surface area (Å²) in [5.74, 6) is 1.36. The third kappa shape index (κ3) is 4.46. The lowest BCUT2D eigenvalue weighted by Crippen LogP contribution is -2.31. The third-order valence-electron chi connectivity index (χ3n) is 4.64. The van der Waals surface area contributed by atoms with Gasteiger partial charge in [0.25, 0.3) is 0 Å². The SMILES string of the molecule is CCc1noc(CCC(=O)N2CCC[C@H]2c2ccc(CN(C)C)cn2)n1. The fraction of sp³-hybridized carbons (Fsp3) is 0.579. The van der Waals surface area contributed by atoms with Gasteiger partial charge in [0, 0.05) is 38.5 Å². The molecule has 1 fully saturated rings. The van der Waals surface area contributed by atoms with E-state index < -0.39 is 0 Å². The number of aromatic nitrogens is 3. The Morgan fingerprint density at radius 3 is 2.88 bits per heavy atom. The molecule has 26 heavy (non-hydrogen) atoms. The molecule has 3 rings (SSSR count). The fourth-order valence-corrected chi connectivity index (χ4v) is 3.36. The van der Waals surface area contributed by atoms with E-state index in [-0.39, 0.29) is 11.9 Å². The van der Waals surface area contributed by atoms with Crippen LogP contribution in [0.4, 0.5) is 0 Å². The summed E-state index contributed by atoms with van der Waals surface area (Å²) in [6, 6.07) is 4.24. The number of pyridine rings is 1. The van der Waals surface area contributed by atoms with Crippen molar-refractivity contribution in [3.8, 4) is 0 Å². The standard InChI is InChI=1S/C19H27N5O2/c1-4-17-21-18(26-22-17)9-10-19(25)24-11-5-6-16(24)15-8-7-14(12-20-15)13-23(2)3/h7-8,12,16H,4-6,9-11,13H2,1-3H3/t16-/m0/s1. The highest BCUT2D eigenvalue weighted by Gasteiger charge is 2.30. The lowest BCUT2D eigenvalue weighted by atomic mass is 10.1. The van der Waals surface area contributed by atoms with Gasteiger partial charge in [0.15, 0.2) is 5.82 Å². The zero-order chi connectivity index (χ0) is 18.5. The van der Waals surface area contributed by atoms with Crippen molar-refractivity contribution in [3.05, 3.63) is 41.3 Å². The predicted molar refractivity (Wildman–Crippen MR) is 97.3 cm³/mol. The minimum absolute atomic E-state index is 0.0739. The van der Waals surface area contributed by atoms with E-state index in [1.54, 1.807) is 0 Å². The highest BCUT2D eigenvalue weighted by molar-refractivity contribution is 5.77. The molecule has 2 aromatic heterocycles. The summed E-state index contributed by atoms with van der Waals surface area (Å²) in [7, 11) is 4.08. The summed E-state index contributed by atoms with van der Waals surface area (Å²) in [5, 5.41) is 3.88. The van der Waals surface area contributed by atoms with Gasteiger partial charge in [-0.25, -0.2) is 0 Å². The second-order valence-electron chi connectivity index (χ2n) is 7.03. The van der Waals surface area contributed by atoms with Gasteiger partial charge in [0.05, 0.1) is 11.7 Å². The molecule has 0 saturated carbocycles. The molecule has 0 unspecified atom stereocenters. The lowest BCUT2D eigenvalue weighted by Gasteiger charge is -2.24. The lowest BCUT2D eigenvalue weighted by molar-refractivity contribution is -0.132. The summed E-state index contributed by atoms with van der Waals surface area (Å²) in [6.45, 7) is 3.63. The molecule has 0 spiro atoms. The number of rotatable bonds is 7. The fourth-order valence-electron chi connectivity index (χ4n) is 3.36. The van der Waals surface area contributed by atoms with E-state index in [4.69, 9.17) is 4.52 Å². The smallest absolute Gasteiger partial charge is 0.227 e. The molecule has 1 amide bonds. The summed E-state index contributed by atoms with van der Waals surface area (Å²) in [5.41, 5.74) is 2.15. The number of likely N-dealkylation sites (tertiary alicyclic amines) is 1. The Balaban J connectivity index is 1.60. The maximum Gasteiger partial charge on any atom is 0.227 e. The number of carbonyl (C=O) groups is 1. The van der Waals surface area contributed by atoms with E-state index in [2.05, 4.69) is 32.2 Å². The molecule has 1 aliphatic heterocycles. The number of amides is 1. The first-order chi connectivity index (χ1) is 12.6. The van der Waals surface area contributed by atoms with Gasteiger partial charge >= 0.3 is 0 Å². The molecular formula is C19H27N5O2. The molecule has 7 nitrogen and oxygen atoms in total. The molecular weight excluding hydrogens is 330 g/mol. The van der Waals surface area contributed by atoms with Gasteiger partial charge < -0.3 is 14.3 Å². The average Bonchev–Trinajstić information content (AvgIpc) is 3.29. The van der Waals surface area contributed by atoms with Crippen LogP contribution < -0.4 is 0 Å². The Morgan fingerprint density at radius 1 is 1.38 bits per heavy atom. The van der Waals surface area contributed by atoms with Gasteiger partial charge in [-0.2, -0.15) is 4.98 Å². The average molecular weight is 357 g/mol. The van der Waals surface area contributed by atoms with Crippen molar-refractivity contribution in [3.63, 3.8) is 0 Å². The van der Waals surface area contributed by atoms with E-state index >= 15 is 0 Å². The van der Waals surface area contributed by atoms with Crippen LogP contribution in [0, 0.1) is 0 Å². The molecule has 2 aromatic rings. The van der Waals surface area contributed by atoms with Crippen molar-refractivity contribution in [1.82, 2.24) is 24.9 Å². The van der Waals surface area contributed by atoms with Gasteiger partial charge in [0.1, 0.15) is 0 Å². The van der Waals surface area contributed by atoms with Gasteiger partial charge in [-0.3, -0.25) is 9.78 Å². The van der Waals surface area contributed by atoms with Crippen molar-refractivity contribution >= 4 is 5.91 Å². The zero-order valence-corrected chi connectivity index (χ0v) is 15.8. The van der Waals surface area contributed by atoms with Gasteiger partial charge in [0.2, 0.25) is 11.8 Å². The Labute approximate surface area is 154 Å². The molecule has 3 heterocycles. The topological polar surface area (TPSA) is 75.4 Å². The Hall–Kier alpha value is -2.28. The third-order valence-corrected chi connectivity index (χ3v) is 4.64. The molecule has 140 valence electrons. The number of hydrogen-bond acceptors (Lipinski definition) is 6. The van der Waals surface area contributed by atoms with Crippen LogP contribution in [0.1, 0.15) is 55.2 Å². The minimum atomic E-state index is 0.0739. The zero-order valence-electron chi connectivity index (χ0n) is 15.8. The van der Waals surface area contributed by atoms with Crippen molar-refractivity contribution < 1.29 is 9.32 Å². The summed E-state index contributed by atoms with van der Waals surface area (Å²) in [6.07, 6.45) is 5.51. The first-order valence-corrected chi connectivity index (χ1v) is 9.27. The normalized spacial score (nSPS) is 17.2. The van der Waals surface area contributed by atoms with Crippen LogP contribution in [0.3, 0.4) is 0 Å². The van der Waals surface area contributed by atoms with Gasteiger partial charge in [-0.1, -0.05) is 18.1 Å². The molecule has 0 radical (unpaired) electrons. The van der Waals surface area contributed by atoms with Crippen LogP contribution in [-0.4, -0.2) is 51.5 Å². The molecule has 0 aromatic carbocycles. The minimum Gasteiger partial charge on any atom is -0.339 e.